The number of hydrogen-bond acceptors (Lipinski definition) is 8. The van der Waals surface area contributed by atoms with E-state index in [4.69, 9.17) is 21.1 Å². The standard InChI is InChI=1S/C35H42ClF3N6O5/c1-40-30-26(35(37,38)39)15-21(16-27(30)36)17-29(31(46)43-11-7-22(8-12-43)45-20-23-18-24(45)19-42(23)2)49-33(48)44-13-9-34(10-14-44)25-5-3-4-6-28(25)41-32(47)50-34/h3-6,15-16,22-24,29,40H,7-14,17-20H2,1-2H3,(H,41,47)/t23?,24?,29-/m1/s1. The Morgan fingerprint density at radius 3 is 2.42 bits per heavy atom. The summed E-state index contributed by atoms with van der Waals surface area (Å²) in [7, 11) is 3.51. The summed E-state index contributed by atoms with van der Waals surface area (Å²) in [6.45, 7) is 3.34. The molecule has 3 atom stereocenters. The zero-order chi connectivity index (χ0) is 35.4. The lowest BCUT2D eigenvalue weighted by molar-refractivity contribution is -0.143. The lowest BCUT2D eigenvalue weighted by Gasteiger charge is -2.44. The summed E-state index contributed by atoms with van der Waals surface area (Å²) in [5.74, 6) is -0.448. The molecule has 5 aliphatic rings. The molecule has 2 aromatic carbocycles. The second kappa shape index (κ2) is 13.4. The number of likely N-dealkylation sites (tertiary alicyclic amines) is 4. The number of carbonyl (C=O) groups is 3. The predicted molar refractivity (Wildman–Crippen MR) is 180 cm³/mol. The summed E-state index contributed by atoms with van der Waals surface area (Å²) in [6.07, 6.45) is -4.38. The molecule has 2 bridgehead atoms. The molecule has 11 nitrogen and oxygen atoms in total. The number of carbonyl (C=O) groups excluding carboxylic acids is 3. The number of ether oxygens (including phenoxy) is 2. The highest BCUT2D eigenvalue weighted by molar-refractivity contribution is 6.33. The first-order valence-electron chi connectivity index (χ1n) is 17.2. The first-order chi connectivity index (χ1) is 23.8. The summed E-state index contributed by atoms with van der Waals surface area (Å²) in [6, 6.07) is 11.1. The van der Waals surface area contributed by atoms with Gasteiger partial charge in [-0.15, -0.1) is 0 Å². The summed E-state index contributed by atoms with van der Waals surface area (Å²) >= 11 is 6.29. The molecular weight excluding hydrogens is 677 g/mol. The molecule has 0 aromatic heterocycles. The molecular formula is C35H42ClF3N6O5. The van der Waals surface area contributed by atoms with Gasteiger partial charge in [-0.2, -0.15) is 13.2 Å². The van der Waals surface area contributed by atoms with Crippen LogP contribution in [0.3, 0.4) is 0 Å². The van der Waals surface area contributed by atoms with Gasteiger partial charge in [-0.25, -0.2) is 9.59 Å². The topological polar surface area (TPSA) is 107 Å². The van der Waals surface area contributed by atoms with Gasteiger partial charge in [0.25, 0.3) is 5.91 Å². The normalized spacial score (nSPS) is 24.5. The Labute approximate surface area is 294 Å². The Hall–Kier alpha value is -3.75. The maximum atomic E-state index is 14.1. The highest BCUT2D eigenvalue weighted by Crippen LogP contribution is 2.44. The van der Waals surface area contributed by atoms with Crippen LogP contribution in [-0.4, -0.2) is 115 Å². The number of para-hydroxylation sites is 1. The first-order valence-corrected chi connectivity index (χ1v) is 17.6. The number of nitrogens with one attached hydrogen (secondary N) is 2. The van der Waals surface area contributed by atoms with Crippen LogP contribution in [0.5, 0.6) is 0 Å². The molecule has 2 unspecified atom stereocenters. The highest BCUT2D eigenvalue weighted by Gasteiger charge is 2.47. The van der Waals surface area contributed by atoms with Crippen LogP contribution in [0.15, 0.2) is 36.4 Å². The van der Waals surface area contributed by atoms with Crippen LogP contribution in [-0.2, 0) is 32.5 Å². The molecule has 3 amide bonds. The number of likely N-dealkylation sites (N-methyl/N-ethyl adjacent to an activating group) is 1. The monoisotopic (exact) mass is 718 g/mol. The van der Waals surface area contributed by atoms with E-state index in [-0.39, 0.29) is 35.8 Å². The quantitative estimate of drug-likeness (QED) is 0.411. The average Bonchev–Trinajstić information content (AvgIpc) is 3.67. The van der Waals surface area contributed by atoms with Crippen LogP contribution in [0.4, 0.5) is 34.1 Å². The van der Waals surface area contributed by atoms with Crippen molar-refractivity contribution in [3.05, 3.63) is 58.1 Å². The Balaban J connectivity index is 1.07. The van der Waals surface area contributed by atoms with Gasteiger partial charge in [0, 0.05) is 89.3 Å². The van der Waals surface area contributed by atoms with E-state index in [0.717, 1.165) is 44.0 Å². The van der Waals surface area contributed by atoms with E-state index in [1.807, 2.05) is 18.2 Å². The van der Waals surface area contributed by atoms with Gasteiger partial charge < -0.3 is 29.5 Å². The fourth-order valence-corrected chi connectivity index (χ4v) is 8.93. The summed E-state index contributed by atoms with van der Waals surface area (Å²) in [4.78, 5) is 48.2. The number of benzene rings is 2. The first kappa shape index (κ1) is 34.7. The minimum atomic E-state index is -4.71. The Bertz CT molecular complexity index is 1640. The van der Waals surface area contributed by atoms with Crippen molar-refractivity contribution < 1.29 is 37.0 Å². The number of piperidine rings is 2. The van der Waals surface area contributed by atoms with Gasteiger partial charge in [0.15, 0.2) is 6.10 Å². The SMILES string of the molecule is CNc1c(Cl)cc(C[C@@H](OC(=O)N2CCC3(CC2)OC(=O)Nc2ccccc23)C(=O)N2CCC(N3CC4CC3CN4C)CC2)cc1C(F)(F)F. The van der Waals surface area contributed by atoms with E-state index in [2.05, 4.69) is 27.5 Å². The van der Waals surface area contributed by atoms with Gasteiger partial charge >= 0.3 is 18.4 Å². The molecule has 7 rings (SSSR count). The molecule has 0 saturated carbocycles. The number of nitrogens with zero attached hydrogens (tertiary/aromatic N) is 4. The zero-order valence-electron chi connectivity index (χ0n) is 28.1. The van der Waals surface area contributed by atoms with Crippen LogP contribution in [0, 0.1) is 0 Å². The van der Waals surface area contributed by atoms with Crippen molar-refractivity contribution in [1.29, 1.82) is 0 Å². The number of anilines is 2. The number of rotatable bonds is 6. The van der Waals surface area contributed by atoms with Crippen LogP contribution >= 0.6 is 11.6 Å². The highest BCUT2D eigenvalue weighted by atomic mass is 35.5. The lowest BCUT2D eigenvalue weighted by Crippen LogP contribution is -2.55. The second-order valence-corrected chi connectivity index (χ2v) is 14.5. The van der Waals surface area contributed by atoms with Crippen LogP contribution in [0.1, 0.15) is 48.8 Å². The van der Waals surface area contributed by atoms with Gasteiger partial charge in [0.05, 0.1) is 22.0 Å². The average molecular weight is 719 g/mol. The van der Waals surface area contributed by atoms with Gasteiger partial charge in [0.1, 0.15) is 5.60 Å². The fourth-order valence-electron chi connectivity index (χ4n) is 8.59. The third kappa shape index (κ3) is 6.57. The molecule has 2 aromatic rings. The fraction of sp³-hybridized carbons (Fsp3) is 0.571. The van der Waals surface area contributed by atoms with E-state index >= 15 is 0 Å². The molecule has 4 saturated heterocycles. The molecule has 2 N–H and O–H groups in total. The Morgan fingerprint density at radius 1 is 1.06 bits per heavy atom. The Kier molecular flexibility index (Phi) is 9.31. The van der Waals surface area contributed by atoms with E-state index < -0.39 is 41.5 Å². The number of alkyl halides is 3. The maximum absolute atomic E-state index is 14.1. The van der Waals surface area contributed by atoms with Crippen molar-refractivity contribution in [3.63, 3.8) is 0 Å². The largest absolute Gasteiger partial charge is 0.438 e. The van der Waals surface area contributed by atoms with Gasteiger partial charge in [-0.3, -0.25) is 15.0 Å². The molecule has 270 valence electrons. The number of fused-ring (bicyclic) bond motifs is 4. The van der Waals surface area contributed by atoms with Crippen molar-refractivity contribution in [3.8, 4) is 0 Å². The van der Waals surface area contributed by atoms with Crippen LogP contribution in [0.25, 0.3) is 0 Å². The van der Waals surface area contributed by atoms with E-state index in [1.165, 1.54) is 18.0 Å². The molecule has 5 aliphatic heterocycles. The molecule has 5 heterocycles. The molecule has 0 aliphatic carbocycles. The Morgan fingerprint density at radius 2 is 1.78 bits per heavy atom. The summed E-state index contributed by atoms with van der Waals surface area (Å²) < 4.78 is 53.8. The van der Waals surface area contributed by atoms with E-state index in [1.54, 1.807) is 11.0 Å². The van der Waals surface area contributed by atoms with Gasteiger partial charge in [-0.1, -0.05) is 29.8 Å². The molecule has 4 fully saturated rings. The number of piperazine rings is 1. The molecule has 15 heteroatoms. The van der Waals surface area contributed by atoms with Crippen molar-refractivity contribution in [1.82, 2.24) is 19.6 Å². The minimum absolute atomic E-state index is 0.121. The van der Waals surface area contributed by atoms with Crippen molar-refractivity contribution >= 4 is 41.1 Å². The smallest absolute Gasteiger partial charge is 0.418 e. The van der Waals surface area contributed by atoms with Crippen molar-refractivity contribution in [2.45, 2.75) is 74.5 Å². The summed E-state index contributed by atoms with van der Waals surface area (Å²) in [5, 5.41) is 5.07. The van der Waals surface area contributed by atoms with Crippen LogP contribution in [0.2, 0.25) is 5.02 Å². The number of hydrogen-bond donors (Lipinski definition) is 2. The molecule has 1 spiro atoms. The lowest BCUT2D eigenvalue weighted by atomic mass is 9.82. The predicted octanol–water partition coefficient (Wildman–Crippen LogP) is 5.38. The van der Waals surface area contributed by atoms with Crippen LogP contribution < -0.4 is 10.6 Å². The number of amides is 3. The summed E-state index contributed by atoms with van der Waals surface area (Å²) in [5.41, 5.74) is -0.562. The second-order valence-electron chi connectivity index (χ2n) is 14.1. The van der Waals surface area contributed by atoms with Crippen molar-refractivity contribution in [2.24, 2.45) is 0 Å². The zero-order valence-corrected chi connectivity index (χ0v) is 28.9. The van der Waals surface area contributed by atoms with E-state index in [9.17, 15) is 27.6 Å². The van der Waals surface area contributed by atoms with Gasteiger partial charge in [-0.05, 0) is 50.1 Å². The molecule has 50 heavy (non-hydrogen) atoms. The third-order valence-electron chi connectivity index (χ3n) is 11.2. The molecule has 0 radical (unpaired) electrons. The van der Waals surface area contributed by atoms with E-state index in [0.29, 0.717) is 49.7 Å². The van der Waals surface area contributed by atoms with Crippen molar-refractivity contribution in [2.75, 3.05) is 64.0 Å². The van der Waals surface area contributed by atoms with Gasteiger partial charge in [0.2, 0.25) is 0 Å². The third-order valence-corrected chi connectivity index (χ3v) is 11.5. The number of halogens is 4. The maximum Gasteiger partial charge on any atom is 0.418 e. The minimum Gasteiger partial charge on any atom is -0.438 e.